The van der Waals surface area contributed by atoms with E-state index in [4.69, 9.17) is 11.5 Å². The molecule has 3 heteroatoms. The van der Waals surface area contributed by atoms with Gasteiger partial charge in [0.2, 0.25) is 5.91 Å². The average molecular weight is 209 g/mol. The first-order chi connectivity index (χ1) is 7.29. The SMILES string of the molecule is C#CCC(=O)N(CCO)C1CCCCC1. The number of hydrogen-bond donors (Lipinski definition) is 1. The van der Waals surface area contributed by atoms with Gasteiger partial charge in [0.25, 0.3) is 0 Å². The van der Waals surface area contributed by atoms with Gasteiger partial charge in [-0.05, 0) is 12.8 Å². The second kappa shape index (κ2) is 6.47. The van der Waals surface area contributed by atoms with Crippen LogP contribution in [0, 0.1) is 12.3 Å². The topological polar surface area (TPSA) is 40.5 Å². The molecule has 1 rings (SSSR count). The van der Waals surface area contributed by atoms with Crippen molar-refractivity contribution in [2.45, 2.75) is 44.6 Å². The Hall–Kier alpha value is -1.01. The second-order valence-corrected chi connectivity index (χ2v) is 3.98. The molecule has 0 atom stereocenters. The van der Waals surface area contributed by atoms with E-state index in [1.54, 1.807) is 4.90 Å². The van der Waals surface area contributed by atoms with E-state index < -0.39 is 0 Å². The molecular formula is C12H19NO2. The lowest BCUT2D eigenvalue weighted by molar-refractivity contribution is -0.133. The number of carbonyl (C=O) groups excluding carboxylic acids is 1. The van der Waals surface area contributed by atoms with Gasteiger partial charge in [-0.3, -0.25) is 4.79 Å². The standard InChI is InChI=1S/C12H19NO2/c1-2-6-12(15)13(9-10-14)11-7-4-3-5-8-11/h1,11,14H,3-10H2. The molecule has 0 saturated heterocycles. The first-order valence-corrected chi connectivity index (χ1v) is 5.63. The molecule has 1 amide bonds. The smallest absolute Gasteiger partial charge is 0.234 e. The Balaban J connectivity index is 2.55. The van der Waals surface area contributed by atoms with Gasteiger partial charge in [-0.2, -0.15) is 0 Å². The molecule has 0 unspecified atom stereocenters. The highest BCUT2D eigenvalue weighted by Crippen LogP contribution is 2.22. The molecule has 1 aliphatic rings. The van der Waals surface area contributed by atoms with Crippen LogP contribution in [-0.4, -0.2) is 35.1 Å². The lowest BCUT2D eigenvalue weighted by atomic mass is 9.94. The number of aliphatic hydroxyl groups excluding tert-OH is 1. The fourth-order valence-corrected chi connectivity index (χ4v) is 2.20. The van der Waals surface area contributed by atoms with Crippen LogP contribution in [0.15, 0.2) is 0 Å². The van der Waals surface area contributed by atoms with Crippen molar-refractivity contribution in [3.8, 4) is 12.3 Å². The summed E-state index contributed by atoms with van der Waals surface area (Å²) in [4.78, 5) is 13.5. The molecule has 0 aromatic carbocycles. The summed E-state index contributed by atoms with van der Waals surface area (Å²) in [5, 5.41) is 8.94. The van der Waals surface area contributed by atoms with Crippen LogP contribution in [-0.2, 0) is 4.79 Å². The Bertz CT molecular complexity index is 238. The van der Waals surface area contributed by atoms with Gasteiger partial charge in [-0.15, -0.1) is 6.42 Å². The van der Waals surface area contributed by atoms with E-state index in [1.165, 1.54) is 19.3 Å². The molecule has 84 valence electrons. The molecular weight excluding hydrogens is 190 g/mol. The van der Waals surface area contributed by atoms with Gasteiger partial charge in [-0.1, -0.05) is 25.2 Å². The van der Waals surface area contributed by atoms with Crippen molar-refractivity contribution < 1.29 is 9.90 Å². The highest BCUT2D eigenvalue weighted by atomic mass is 16.3. The van der Waals surface area contributed by atoms with Crippen LogP contribution in [0.25, 0.3) is 0 Å². The summed E-state index contributed by atoms with van der Waals surface area (Å²) in [7, 11) is 0. The molecule has 1 N–H and O–H groups in total. The van der Waals surface area contributed by atoms with Crippen molar-refractivity contribution in [3.05, 3.63) is 0 Å². The minimum absolute atomic E-state index is 0.0153. The van der Waals surface area contributed by atoms with Crippen molar-refractivity contribution in [1.82, 2.24) is 4.90 Å². The largest absolute Gasteiger partial charge is 0.395 e. The van der Waals surface area contributed by atoms with Gasteiger partial charge in [0.15, 0.2) is 0 Å². The van der Waals surface area contributed by atoms with Crippen LogP contribution in [0.5, 0.6) is 0 Å². The van der Waals surface area contributed by atoms with Crippen LogP contribution in [0.3, 0.4) is 0 Å². The zero-order chi connectivity index (χ0) is 11.1. The van der Waals surface area contributed by atoms with Crippen molar-refractivity contribution in [2.24, 2.45) is 0 Å². The molecule has 1 aliphatic carbocycles. The van der Waals surface area contributed by atoms with E-state index in [0.717, 1.165) is 12.8 Å². The normalized spacial score (nSPS) is 17.1. The molecule has 0 bridgehead atoms. The number of hydrogen-bond acceptors (Lipinski definition) is 2. The Morgan fingerprint density at radius 2 is 2.07 bits per heavy atom. The van der Waals surface area contributed by atoms with E-state index in [2.05, 4.69) is 5.92 Å². The maximum absolute atomic E-state index is 11.7. The molecule has 0 heterocycles. The molecule has 15 heavy (non-hydrogen) atoms. The fraction of sp³-hybridized carbons (Fsp3) is 0.750. The van der Waals surface area contributed by atoms with Gasteiger partial charge in [0, 0.05) is 12.6 Å². The first-order valence-electron chi connectivity index (χ1n) is 5.63. The molecule has 0 radical (unpaired) electrons. The summed E-state index contributed by atoms with van der Waals surface area (Å²) >= 11 is 0. The second-order valence-electron chi connectivity index (χ2n) is 3.98. The van der Waals surface area contributed by atoms with Crippen molar-refractivity contribution in [3.63, 3.8) is 0 Å². The van der Waals surface area contributed by atoms with Crippen molar-refractivity contribution in [2.75, 3.05) is 13.2 Å². The van der Waals surface area contributed by atoms with Crippen LogP contribution < -0.4 is 0 Å². The molecule has 3 nitrogen and oxygen atoms in total. The summed E-state index contributed by atoms with van der Waals surface area (Å²) in [5.74, 6) is 2.36. The summed E-state index contributed by atoms with van der Waals surface area (Å²) in [5.41, 5.74) is 0. The van der Waals surface area contributed by atoms with E-state index in [0.29, 0.717) is 12.6 Å². The fourth-order valence-electron chi connectivity index (χ4n) is 2.20. The minimum Gasteiger partial charge on any atom is -0.395 e. The third-order valence-electron chi connectivity index (χ3n) is 2.93. The molecule has 0 aliphatic heterocycles. The monoisotopic (exact) mass is 209 g/mol. The van der Waals surface area contributed by atoms with E-state index in [-0.39, 0.29) is 18.9 Å². The van der Waals surface area contributed by atoms with Gasteiger partial charge in [-0.25, -0.2) is 0 Å². The zero-order valence-corrected chi connectivity index (χ0v) is 9.11. The van der Waals surface area contributed by atoms with Crippen LogP contribution >= 0.6 is 0 Å². The van der Waals surface area contributed by atoms with Gasteiger partial charge < -0.3 is 10.0 Å². The summed E-state index contributed by atoms with van der Waals surface area (Å²) in [6.07, 6.45) is 11.0. The predicted octanol–water partition coefficient (Wildman–Crippen LogP) is 1.16. The number of nitrogens with zero attached hydrogens (tertiary/aromatic N) is 1. The van der Waals surface area contributed by atoms with Gasteiger partial charge >= 0.3 is 0 Å². The first kappa shape index (κ1) is 12.1. The Morgan fingerprint density at radius 1 is 1.40 bits per heavy atom. The van der Waals surface area contributed by atoms with Crippen LogP contribution in [0.4, 0.5) is 0 Å². The van der Waals surface area contributed by atoms with Crippen molar-refractivity contribution >= 4 is 5.91 Å². The van der Waals surface area contributed by atoms with Gasteiger partial charge in [0.1, 0.15) is 0 Å². The lowest BCUT2D eigenvalue weighted by Crippen LogP contribution is -2.42. The number of amides is 1. The van der Waals surface area contributed by atoms with E-state index in [9.17, 15) is 4.79 Å². The summed E-state index contributed by atoms with van der Waals surface area (Å²) in [6.45, 7) is 0.442. The predicted molar refractivity (Wildman–Crippen MR) is 59.1 cm³/mol. The van der Waals surface area contributed by atoms with Crippen LogP contribution in [0.2, 0.25) is 0 Å². The van der Waals surface area contributed by atoms with E-state index >= 15 is 0 Å². The van der Waals surface area contributed by atoms with Crippen LogP contribution in [0.1, 0.15) is 38.5 Å². The molecule has 0 aromatic rings. The maximum Gasteiger partial charge on any atom is 0.234 e. The third kappa shape index (κ3) is 3.56. The Labute approximate surface area is 91.5 Å². The quantitative estimate of drug-likeness (QED) is 0.706. The Kier molecular flexibility index (Phi) is 5.20. The molecule has 0 aromatic heterocycles. The Morgan fingerprint density at radius 3 is 2.60 bits per heavy atom. The van der Waals surface area contributed by atoms with Gasteiger partial charge in [0.05, 0.1) is 13.0 Å². The summed E-state index contributed by atoms with van der Waals surface area (Å²) in [6, 6.07) is 0.298. The minimum atomic E-state index is -0.0153. The maximum atomic E-state index is 11.7. The van der Waals surface area contributed by atoms with E-state index in [1.807, 2.05) is 0 Å². The highest BCUT2D eigenvalue weighted by molar-refractivity contribution is 5.78. The zero-order valence-electron chi connectivity index (χ0n) is 9.11. The lowest BCUT2D eigenvalue weighted by Gasteiger charge is -2.33. The third-order valence-corrected chi connectivity index (χ3v) is 2.93. The average Bonchev–Trinajstić information content (AvgIpc) is 2.27. The summed E-state index contributed by atoms with van der Waals surface area (Å²) < 4.78 is 0. The number of carbonyl (C=O) groups is 1. The molecule has 1 fully saturated rings. The number of rotatable bonds is 4. The molecule has 1 saturated carbocycles. The molecule has 0 spiro atoms. The van der Waals surface area contributed by atoms with Crippen molar-refractivity contribution in [1.29, 1.82) is 0 Å². The number of aliphatic hydroxyl groups is 1. The number of terminal acetylenes is 1. The highest BCUT2D eigenvalue weighted by Gasteiger charge is 2.23.